The molecule has 0 spiro atoms. The second-order valence-electron chi connectivity index (χ2n) is 4.85. The van der Waals surface area contributed by atoms with Crippen LogP contribution in [-0.2, 0) is 4.79 Å². The molecule has 4 N–H and O–H groups in total. The Morgan fingerprint density at radius 2 is 2.08 bits per heavy atom. The van der Waals surface area contributed by atoms with Gasteiger partial charge < -0.3 is 16.0 Å². The number of aromatic amines is 1. The van der Waals surface area contributed by atoms with Gasteiger partial charge in [-0.3, -0.25) is 9.59 Å². The Morgan fingerprint density at radius 3 is 2.79 bits per heavy atom. The van der Waals surface area contributed by atoms with E-state index in [9.17, 15) is 9.59 Å². The van der Waals surface area contributed by atoms with Crippen molar-refractivity contribution in [3.8, 4) is 11.3 Å². The SMILES string of the molecule is NC(=O)c1cc(-c2csc(NC(=O)CSc3ccccc3)n2)c[nH]1. The third kappa shape index (κ3) is 4.03. The van der Waals surface area contributed by atoms with Gasteiger partial charge in [0, 0.05) is 22.0 Å². The molecule has 0 bridgehead atoms. The molecule has 0 aliphatic carbocycles. The molecule has 122 valence electrons. The molecule has 2 aromatic heterocycles. The van der Waals surface area contributed by atoms with Crippen molar-refractivity contribution in [3.05, 3.63) is 53.7 Å². The Labute approximate surface area is 146 Å². The lowest BCUT2D eigenvalue weighted by Crippen LogP contribution is -2.13. The average molecular weight is 358 g/mol. The maximum Gasteiger partial charge on any atom is 0.265 e. The molecule has 0 saturated carbocycles. The number of hydrogen-bond donors (Lipinski definition) is 3. The number of thiazole rings is 1. The number of aromatic nitrogens is 2. The average Bonchev–Trinajstić information content (AvgIpc) is 3.23. The monoisotopic (exact) mass is 358 g/mol. The summed E-state index contributed by atoms with van der Waals surface area (Å²) < 4.78 is 0. The number of thioether (sulfide) groups is 1. The molecule has 0 saturated heterocycles. The van der Waals surface area contributed by atoms with E-state index in [2.05, 4.69) is 15.3 Å². The van der Waals surface area contributed by atoms with Crippen LogP contribution in [0.3, 0.4) is 0 Å². The molecule has 2 amide bonds. The standard InChI is InChI=1S/C16H14N4O2S2/c17-15(22)12-6-10(7-18-12)13-8-24-16(19-13)20-14(21)9-23-11-4-2-1-3-5-11/h1-8,18H,9H2,(H2,17,22)(H,19,20,21). The fourth-order valence-corrected chi connectivity index (χ4v) is 3.42. The second kappa shape index (κ2) is 7.33. The molecule has 0 atom stereocenters. The minimum atomic E-state index is -0.525. The number of nitrogens with one attached hydrogen (secondary N) is 2. The molecule has 8 heteroatoms. The van der Waals surface area contributed by atoms with E-state index in [0.717, 1.165) is 10.5 Å². The van der Waals surface area contributed by atoms with Crippen LogP contribution in [0, 0.1) is 0 Å². The van der Waals surface area contributed by atoms with Crippen molar-refractivity contribution in [1.82, 2.24) is 9.97 Å². The molecule has 0 aliphatic heterocycles. The van der Waals surface area contributed by atoms with Crippen LogP contribution in [0.15, 0.2) is 52.9 Å². The van der Waals surface area contributed by atoms with Gasteiger partial charge in [0.15, 0.2) is 5.13 Å². The number of nitrogens with zero attached hydrogens (tertiary/aromatic N) is 1. The predicted octanol–water partition coefficient (Wildman–Crippen LogP) is 2.97. The van der Waals surface area contributed by atoms with Crippen LogP contribution in [0.25, 0.3) is 11.3 Å². The summed E-state index contributed by atoms with van der Waals surface area (Å²) in [4.78, 5) is 31.3. The molecule has 3 aromatic rings. The van der Waals surface area contributed by atoms with E-state index in [1.54, 1.807) is 12.3 Å². The topological polar surface area (TPSA) is 101 Å². The number of H-pyrrole nitrogens is 1. The highest BCUT2D eigenvalue weighted by Crippen LogP contribution is 2.26. The summed E-state index contributed by atoms with van der Waals surface area (Å²) in [6.45, 7) is 0. The van der Waals surface area contributed by atoms with Crippen LogP contribution in [0.2, 0.25) is 0 Å². The summed E-state index contributed by atoms with van der Waals surface area (Å²) >= 11 is 2.80. The third-order valence-electron chi connectivity index (χ3n) is 3.11. The number of anilines is 1. The van der Waals surface area contributed by atoms with Crippen molar-refractivity contribution in [1.29, 1.82) is 0 Å². The van der Waals surface area contributed by atoms with Crippen LogP contribution >= 0.6 is 23.1 Å². The van der Waals surface area contributed by atoms with Crippen LogP contribution in [-0.4, -0.2) is 27.5 Å². The number of carbonyl (C=O) groups excluding carboxylic acids is 2. The fourth-order valence-electron chi connectivity index (χ4n) is 1.97. The van der Waals surface area contributed by atoms with E-state index in [0.29, 0.717) is 22.3 Å². The van der Waals surface area contributed by atoms with Crippen molar-refractivity contribution in [3.63, 3.8) is 0 Å². The van der Waals surface area contributed by atoms with E-state index in [1.807, 2.05) is 35.7 Å². The second-order valence-corrected chi connectivity index (χ2v) is 6.76. The number of hydrogen-bond acceptors (Lipinski definition) is 5. The zero-order chi connectivity index (χ0) is 16.9. The summed E-state index contributed by atoms with van der Waals surface area (Å²) in [5.74, 6) is -0.325. The molecule has 0 radical (unpaired) electrons. The first-order valence-electron chi connectivity index (χ1n) is 7.03. The molecule has 2 heterocycles. The van der Waals surface area contributed by atoms with Crippen molar-refractivity contribution in [2.75, 3.05) is 11.1 Å². The Bertz CT molecular complexity index is 858. The van der Waals surface area contributed by atoms with Crippen molar-refractivity contribution in [2.45, 2.75) is 4.90 Å². The number of nitrogens with two attached hydrogens (primary N) is 1. The van der Waals surface area contributed by atoms with Crippen molar-refractivity contribution >= 4 is 40.0 Å². The molecule has 1 aromatic carbocycles. The van der Waals surface area contributed by atoms with E-state index < -0.39 is 5.91 Å². The highest BCUT2D eigenvalue weighted by molar-refractivity contribution is 8.00. The summed E-state index contributed by atoms with van der Waals surface area (Å²) in [7, 11) is 0. The van der Waals surface area contributed by atoms with Gasteiger partial charge in [-0.15, -0.1) is 23.1 Å². The molecular formula is C16H14N4O2S2. The first kappa shape index (κ1) is 16.3. The Balaban J connectivity index is 1.59. The van der Waals surface area contributed by atoms with E-state index >= 15 is 0 Å². The van der Waals surface area contributed by atoms with Crippen molar-refractivity contribution < 1.29 is 9.59 Å². The van der Waals surface area contributed by atoms with Gasteiger partial charge in [0.25, 0.3) is 5.91 Å². The molecule has 3 rings (SSSR count). The largest absolute Gasteiger partial charge is 0.364 e. The molecule has 6 nitrogen and oxygen atoms in total. The quantitative estimate of drug-likeness (QED) is 0.590. The lowest BCUT2D eigenvalue weighted by molar-refractivity contribution is -0.113. The lowest BCUT2D eigenvalue weighted by atomic mass is 10.2. The predicted molar refractivity (Wildman–Crippen MR) is 96.2 cm³/mol. The zero-order valence-electron chi connectivity index (χ0n) is 12.5. The van der Waals surface area contributed by atoms with Crippen LogP contribution in [0.4, 0.5) is 5.13 Å². The van der Waals surface area contributed by atoms with Gasteiger partial charge in [-0.05, 0) is 18.2 Å². The lowest BCUT2D eigenvalue weighted by Gasteiger charge is -2.01. The number of carbonyl (C=O) groups is 2. The first-order chi connectivity index (χ1) is 11.6. The smallest absolute Gasteiger partial charge is 0.265 e. The van der Waals surface area contributed by atoms with E-state index in [4.69, 9.17) is 5.73 Å². The van der Waals surface area contributed by atoms with Gasteiger partial charge in [-0.2, -0.15) is 0 Å². The first-order valence-corrected chi connectivity index (χ1v) is 8.90. The summed E-state index contributed by atoms with van der Waals surface area (Å²) in [5, 5.41) is 5.11. The Hall–Kier alpha value is -2.58. The molecule has 0 unspecified atom stereocenters. The van der Waals surface area contributed by atoms with Gasteiger partial charge in [-0.25, -0.2) is 4.98 Å². The van der Waals surface area contributed by atoms with Gasteiger partial charge in [-0.1, -0.05) is 18.2 Å². The van der Waals surface area contributed by atoms with Crippen LogP contribution < -0.4 is 11.1 Å². The number of rotatable bonds is 6. The Morgan fingerprint density at radius 1 is 1.29 bits per heavy atom. The van der Waals surface area contributed by atoms with Crippen LogP contribution in [0.1, 0.15) is 10.5 Å². The van der Waals surface area contributed by atoms with Gasteiger partial charge in [0.05, 0.1) is 11.4 Å². The van der Waals surface area contributed by atoms with Gasteiger partial charge in [0.2, 0.25) is 5.91 Å². The summed E-state index contributed by atoms with van der Waals surface area (Å²) in [6.07, 6.45) is 1.66. The minimum absolute atomic E-state index is 0.114. The highest BCUT2D eigenvalue weighted by Gasteiger charge is 2.11. The van der Waals surface area contributed by atoms with Gasteiger partial charge in [0.1, 0.15) is 5.69 Å². The summed E-state index contributed by atoms with van der Waals surface area (Å²) in [5.41, 5.74) is 6.96. The number of primary amides is 1. The van der Waals surface area contributed by atoms with Crippen LogP contribution in [0.5, 0.6) is 0 Å². The zero-order valence-corrected chi connectivity index (χ0v) is 14.1. The minimum Gasteiger partial charge on any atom is -0.364 e. The molecule has 0 fully saturated rings. The Kier molecular flexibility index (Phi) is 4.97. The number of amides is 2. The fraction of sp³-hybridized carbons (Fsp3) is 0.0625. The van der Waals surface area contributed by atoms with E-state index in [1.165, 1.54) is 23.1 Å². The van der Waals surface area contributed by atoms with Gasteiger partial charge >= 0.3 is 0 Å². The molecule has 24 heavy (non-hydrogen) atoms. The summed E-state index contributed by atoms with van der Waals surface area (Å²) in [6, 6.07) is 11.4. The third-order valence-corrected chi connectivity index (χ3v) is 4.88. The molecular weight excluding hydrogens is 344 g/mol. The highest BCUT2D eigenvalue weighted by atomic mass is 32.2. The van der Waals surface area contributed by atoms with Crippen molar-refractivity contribution in [2.24, 2.45) is 5.73 Å². The maximum absolute atomic E-state index is 12.0. The maximum atomic E-state index is 12.0. The normalized spacial score (nSPS) is 10.5. The number of benzene rings is 1. The molecule has 0 aliphatic rings. The van der Waals surface area contributed by atoms with E-state index in [-0.39, 0.29) is 5.91 Å².